The van der Waals surface area contributed by atoms with E-state index >= 15 is 0 Å². The van der Waals surface area contributed by atoms with Crippen LogP contribution < -0.4 is 0 Å². The monoisotopic (exact) mass is 284 g/mol. The standard InChI is InChI=1S/C10H21ClN2O3S/c1-12(7-4-6-11)17(14,15)13-8-3-5-10(9-13)16-2/h10H,3-9H2,1-2H3. The minimum Gasteiger partial charge on any atom is -0.380 e. The molecule has 0 bridgehead atoms. The molecule has 0 spiro atoms. The molecule has 1 unspecified atom stereocenters. The van der Waals surface area contributed by atoms with Crippen LogP contribution in [0.1, 0.15) is 19.3 Å². The van der Waals surface area contributed by atoms with Crippen LogP contribution in [0.4, 0.5) is 0 Å². The molecule has 0 aromatic heterocycles. The second-order valence-electron chi connectivity index (χ2n) is 4.23. The van der Waals surface area contributed by atoms with Crippen LogP contribution in [-0.4, -0.2) is 62.8 Å². The van der Waals surface area contributed by atoms with Gasteiger partial charge in [-0.1, -0.05) is 0 Å². The predicted molar refractivity (Wildman–Crippen MR) is 68.5 cm³/mol. The molecule has 1 heterocycles. The van der Waals surface area contributed by atoms with E-state index in [4.69, 9.17) is 16.3 Å². The van der Waals surface area contributed by atoms with E-state index in [0.29, 0.717) is 31.9 Å². The predicted octanol–water partition coefficient (Wildman–Crippen LogP) is 0.903. The van der Waals surface area contributed by atoms with Crippen LogP contribution in [0.15, 0.2) is 0 Å². The van der Waals surface area contributed by atoms with E-state index in [1.54, 1.807) is 14.2 Å². The fourth-order valence-electron chi connectivity index (χ4n) is 1.90. The van der Waals surface area contributed by atoms with Gasteiger partial charge >= 0.3 is 0 Å². The molecule has 1 aliphatic rings. The fraction of sp³-hybridized carbons (Fsp3) is 1.00. The first-order valence-corrected chi connectivity index (χ1v) is 7.75. The summed E-state index contributed by atoms with van der Waals surface area (Å²) in [6.07, 6.45) is 2.45. The van der Waals surface area contributed by atoms with Crippen molar-refractivity contribution in [2.75, 3.05) is 39.7 Å². The molecule has 0 aromatic rings. The van der Waals surface area contributed by atoms with E-state index in [2.05, 4.69) is 0 Å². The molecule has 1 fully saturated rings. The van der Waals surface area contributed by atoms with Gasteiger partial charge in [0.15, 0.2) is 0 Å². The highest BCUT2D eigenvalue weighted by atomic mass is 35.5. The molecule has 0 aliphatic carbocycles. The van der Waals surface area contributed by atoms with Crippen molar-refractivity contribution in [1.29, 1.82) is 0 Å². The van der Waals surface area contributed by atoms with Crippen molar-refractivity contribution in [3.8, 4) is 0 Å². The molecule has 17 heavy (non-hydrogen) atoms. The highest BCUT2D eigenvalue weighted by Crippen LogP contribution is 2.17. The van der Waals surface area contributed by atoms with Crippen LogP contribution in [0, 0.1) is 0 Å². The Morgan fingerprint density at radius 3 is 2.82 bits per heavy atom. The summed E-state index contributed by atoms with van der Waals surface area (Å²) < 4.78 is 32.5. The molecule has 1 rings (SSSR count). The Balaban J connectivity index is 2.62. The zero-order valence-electron chi connectivity index (χ0n) is 10.4. The summed E-state index contributed by atoms with van der Waals surface area (Å²) in [7, 11) is -0.131. The number of alkyl halides is 1. The second kappa shape index (κ2) is 6.89. The van der Waals surface area contributed by atoms with Gasteiger partial charge in [-0.25, -0.2) is 0 Å². The molecular weight excluding hydrogens is 264 g/mol. The normalized spacial score (nSPS) is 23.2. The molecule has 1 aliphatic heterocycles. The van der Waals surface area contributed by atoms with E-state index in [1.165, 1.54) is 8.61 Å². The van der Waals surface area contributed by atoms with Crippen LogP contribution in [0.25, 0.3) is 0 Å². The quantitative estimate of drug-likeness (QED) is 0.681. The van der Waals surface area contributed by atoms with Crippen molar-refractivity contribution in [3.63, 3.8) is 0 Å². The van der Waals surface area contributed by atoms with Crippen molar-refractivity contribution in [3.05, 3.63) is 0 Å². The highest BCUT2D eigenvalue weighted by molar-refractivity contribution is 7.86. The van der Waals surface area contributed by atoms with E-state index in [-0.39, 0.29) is 6.10 Å². The molecule has 1 atom stereocenters. The van der Waals surface area contributed by atoms with Gasteiger partial charge in [0, 0.05) is 39.7 Å². The lowest BCUT2D eigenvalue weighted by Crippen LogP contribution is -2.48. The number of nitrogens with zero attached hydrogens (tertiary/aromatic N) is 2. The average Bonchev–Trinajstić information content (AvgIpc) is 2.35. The maximum Gasteiger partial charge on any atom is 0.281 e. The Kier molecular flexibility index (Phi) is 6.16. The molecule has 1 saturated heterocycles. The van der Waals surface area contributed by atoms with Gasteiger partial charge in [-0.3, -0.25) is 0 Å². The van der Waals surface area contributed by atoms with Gasteiger partial charge in [0.1, 0.15) is 0 Å². The summed E-state index contributed by atoms with van der Waals surface area (Å²) in [6.45, 7) is 1.48. The SMILES string of the molecule is COC1CCCN(S(=O)(=O)N(C)CCCCl)C1. The molecule has 0 radical (unpaired) electrons. The van der Waals surface area contributed by atoms with Crippen molar-refractivity contribution in [2.45, 2.75) is 25.4 Å². The van der Waals surface area contributed by atoms with Crippen LogP contribution in [0.3, 0.4) is 0 Å². The smallest absolute Gasteiger partial charge is 0.281 e. The third-order valence-corrected chi connectivity index (χ3v) is 5.22. The van der Waals surface area contributed by atoms with E-state index in [1.807, 2.05) is 0 Å². The molecule has 0 amide bonds. The maximum atomic E-state index is 12.2. The summed E-state index contributed by atoms with van der Waals surface area (Å²) in [5, 5.41) is 0. The topological polar surface area (TPSA) is 49.9 Å². The highest BCUT2D eigenvalue weighted by Gasteiger charge is 2.31. The number of methoxy groups -OCH3 is 1. The van der Waals surface area contributed by atoms with Gasteiger partial charge in [0.05, 0.1) is 6.10 Å². The van der Waals surface area contributed by atoms with Crippen molar-refractivity contribution >= 4 is 21.8 Å². The van der Waals surface area contributed by atoms with Gasteiger partial charge in [-0.15, -0.1) is 11.6 Å². The minimum atomic E-state index is -3.35. The molecule has 0 N–H and O–H groups in total. The molecule has 0 saturated carbocycles. The largest absolute Gasteiger partial charge is 0.380 e. The van der Waals surface area contributed by atoms with Crippen LogP contribution in [0.2, 0.25) is 0 Å². The Morgan fingerprint density at radius 2 is 2.24 bits per heavy atom. The first-order chi connectivity index (χ1) is 8.02. The van der Waals surface area contributed by atoms with Crippen LogP contribution in [0.5, 0.6) is 0 Å². The van der Waals surface area contributed by atoms with Crippen molar-refractivity contribution in [2.24, 2.45) is 0 Å². The number of ether oxygens (including phenoxy) is 1. The van der Waals surface area contributed by atoms with Crippen LogP contribution in [-0.2, 0) is 14.9 Å². The fourth-order valence-corrected chi connectivity index (χ4v) is 3.49. The third-order valence-electron chi connectivity index (χ3n) is 3.00. The Hall–Kier alpha value is 0.120. The molecular formula is C10H21ClN2O3S. The van der Waals surface area contributed by atoms with Crippen molar-refractivity contribution in [1.82, 2.24) is 8.61 Å². The van der Waals surface area contributed by atoms with Crippen molar-refractivity contribution < 1.29 is 13.2 Å². The van der Waals surface area contributed by atoms with E-state index in [9.17, 15) is 8.42 Å². The summed E-state index contributed by atoms with van der Waals surface area (Å²) in [6, 6.07) is 0. The lowest BCUT2D eigenvalue weighted by molar-refractivity contribution is 0.0556. The van der Waals surface area contributed by atoms with Gasteiger partial charge in [0.25, 0.3) is 10.2 Å². The molecule has 102 valence electrons. The molecule has 0 aromatic carbocycles. The maximum absolute atomic E-state index is 12.2. The number of rotatable bonds is 6. The lowest BCUT2D eigenvalue weighted by Gasteiger charge is -2.33. The Bertz CT molecular complexity index is 324. The Morgan fingerprint density at radius 1 is 1.53 bits per heavy atom. The number of hydrogen-bond acceptors (Lipinski definition) is 3. The van der Waals surface area contributed by atoms with Gasteiger partial charge < -0.3 is 4.74 Å². The second-order valence-corrected chi connectivity index (χ2v) is 6.64. The van der Waals surface area contributed by atoms with E-state index in [0.717, 1.165) is 12.8 Å². The number of piperidine rings is 1. The summed E-state index contributed by atoms with van der Waals surface area (Å²) >= 11 is 5.57. The van der Waals surface area contributed by atoms with Crippen LogP contribution >= 0.6 is 11.6 Å². The molecule has 7 heteroatoms. The first-order valence-electron chi connectivity index (χ1n) is 5.82. The molecule has 5 nitrogen and oxygen atoms in total. The van der Waals surface area contributed by atoms with Gasteiger partial charge in [-0.2, -0.15) is 17.0 Å². The average molecular weight is 285 g/mol. The third kappa shape index (κ3) is 4.06. The number of hydrogen-bond donors (Lipinski definition) is 0. The van der Waals surface area contributed by atoms with Gasteiger partial charge in [0.2, 0.25) is 0 Å². The minimum absolute atomic E-state index is 0.0138. The lowest BCUT2D eigenvalue weighted by atomic mass is 10.1. The summed E-state index contributed by atoms with van der Waals surface area (Å²) in [4.78, 5) is 0. The van der Waals surface area contributed by atoms with E-state index < -0.39 is 10.2 Å². The summed E-state index contributed by atoms with van der Waals surface area (Å²) in [5.74, 6) is 0.473. The summed E-state index contributed by atoms with van der Waals surface area (Å²) in [5.41, 5.74) is 0. The van der Waals surface area contributed by atoms with Gasteiger partial charge in [-0.05, 0) is 19.3 Å². The number of halogens is 1. The Labute approximate surface area is 109 Å². The first kappa shape index (κ1) is 15.2. The zero-order chi connectivity index (χ0) is 12.9. The zero-order valence-corrected chi connectivity index (χ0v) is 12.0.